The molecule has 4 aromatic carbocycles. The van der Waals surface area contributed by atoms with E-state index in [1.54, 1.807) is 6.08 Å². The van der Waals surface area contributed by atoms with E-state index >= 15 is 0 Å². The molecule has 1 saturated heterocycles. The van der Waals surface area contributed by atoms with Crippen molar-refractivity contribution in [3.05, 3.63) is 118 Å². The molecule has 5 rings (SSSR count). The Bertz CT molecular complexity index is 1400. The first-order chi connectivity index (χ1) is 16.5. The summed E-state index contributed by atoms with van der Waals surface area (Å²) >= 11 is 6.88. The van der Waals surface area contributed by atoms with Crippen LogP contribution in [-0.4, -0.2) is 16.0 Å². The summed E-state index contributed by atoms with van der Waals surface area (Å²) in [5.41, 5.74) is 2.77. The van der Waals surface area contributed by atoms with Gasteiger partial charge in [-0.15, -0.1) is 0 Å². The summed E-state index contributed by atoms with van der Waals surface area (Å²) in [5, 5.41) is 2.64. The lowest BCUT2D eigenvalue weighted by molar-refractivity contribution is -0.123. The van der Waals surface area contributed by atoms with E-state index in [1.165, 1.54) is 4.90 Å². The number of hydrogen-bond donors (Lipinski definition) is 0. The lowest BCUT2D eigenvalue weighted by Crippen LogP contribution is -2.27. The lowest BCUT2D eigenvalue weighted by atomic mass is 10.1. The fourth-order valence-electron chi connectivity index (χ4n) is 3.71. The summed E-state index contributed by atoms with van der Waals surface area (Å²) in [6.45, 7) is 0.689. The molecular weight excluding hydrogens is 466 g/mol. The van der Waals surface area contributed by atoms with Crippen molar-refractivity contribution >= 4 is 51.4 Å². The number of halogens is 1. The van der Waals surface area contributed by atoms with Gasteiger partial charge >= 0.3 is 0 Å². The standard InChI is InChI=1S/C28H20ClNO3S/c29-24-11-6-20(7-12-24)18-33-25-13-8-19(9-14-25)16-26-27(31)30(28(32)34-26)17-21-5-10-22-3-1-2-4-23(22)15-21/h1-16H,17-18H2/b26-16-. The zero-order chi connectivity index (χ0) is 23.5. The van der Waals surface area contributed by atoms with Gasteiger partial charge in [-0.3, -0.25) is 14.5 Å². The van der Waals surface area contributed by atoms with Crippen molar-refractivity contribution in [2.24, 2.45) is 0 Å². The number of fused-ring (bicyclic) bond motifs is 1. The Labute approximate surface area is 206 Å². The van der Waals surface area contributed by atoms with Crippen molar-refractivity contribution in [3.8, 4) is 5.75 Å². The Hall–Kier alpha value is -3.54. The van der Waals surface area contributed by atoms with Gasteiger partial charge in [-0.1, -0.05) is 72.3 Å². The lowest BCUT2D eigenvalue weighted by Gasteiger charge is -2.13. The van der Waals surface area contributed by atoms with Gasteiger partial charge < -0.3 is 4.74 Å². The Balaban J connectivity index is 1.25. The average molecular weight is 486 g/mol. The highest BCUT2D eigenvalue weighted by Gasteiger charge is 2.35. The zero-order valence-electron chi connectivity index (χ0n) is 18.1. The van der Waals surface area contributed by atoms with E-state index < -0.39 is 0 Å². The molecule has 0 radical (unpaired) electrons. The predicted molar refractivity (Wildman–Crippen MR) is 138 cm³/mol. The molecule has 4 aromatic rings. The van der Waals surface area contributed by atoms with Gasteiger partial charge in [0.05, 0.1) is 11.4 Å². The Morgan fingerprint density at radius 1 is 0.824 bits per heavy atom. The second-order valence-electron chi connectivity index (χ2n) is 7.93. The molecule has 0 saturated carbocycles. The molecule has 1 heterocycles. The normalized spacial score (nSPS) is 14.9. The first kappa shape index (κ1) is 22.3. The van der Waals surface area contributed by atoms with E-state index in [1.807, 2.05) is 91.0 Å². The molecule has 0 bridgehead atoms. The van der Waals surface area contributed by atoms with E-state index in [0.29, 0.717) is 16.5 Å². The van der Waals surface area contributed by atoms with Gasteiger partial charge in [-0.05, 0) is 75.6 Å². The number of nitrogens with zero attached hydrogens (tertiary/aromatic N) is 1. The van der Waals surface area contributed by atoms with Crippen molar-refractivity contribution in [3.63, 3.8) is 0 Å². The summed E-state index contributed by atoms with van der Waals surface area (Å²) < 4.78 is 5.81. The molecular formula is C28H20ClNO3S. The summed E-state index contributed by atoms with van der Waals surface area (Å²) in [6.07, 6.45) is 1.74. The Kier molecular flexibility index (Phi) is 6.39. The van der Waals surface area contributed by atoms with Crippen LogP contribution in [0.4, 0.5) is 4.79 Å². The molecule has 1 aliphatic heterocycles. The monoisotopic (exact) mass is 485 g/mol. The van der Waals surface area contributed by atoms with Gasteiger partial charge in [0.25, 0.3) is 11.1 Å². The van der Waals surface area contributed by atoms with E-state index in [4.69, 9.17) is 16.3 Å². The third-order valence-corrected chi connectivity index (χ3v) is 6.68. The smallest absolute Gasteiger partial charge is 0.293 e. The molecule has 0 unspecified atom stereocenters. The number of rotatable bonds is 6. The van der Waals surface area contributed by atoms with Gasteiger partial charge in [0.15, 0.2) is 0 Å². The number of imide groups is 1. The van der Waals surface area contributed by atoms with E-state index in [9.17, 15) is 9.59 Å². The average Bonchev–Trinajstić information content (AvgIpc) is 3.12. The molecule has 0 spiro atoms. The first-order valence-corrected chi connectivity index (χ1v) is 11.9. The number of thioether (sulfide) groups is 1. The highest BCUT2D eigenvalue weighted by Crippen LogP contribution is 2.34. The third-order valence-electron chi connectivity index (χ3n) is 5.52. The second-order valence-corrected chi connectivity index (χ2v) is 9.36. The quantitative estimate of drug-likeness (QED) is 0.269. The van der Waals surface area contributed by atoms with Crippen LogP contribution < -0.4 is 4.74 Å². The van der Waals surface area contributed by atoms with Crippen LogP contribution in [0.2, 0.25) is 5.02 Å². The van der Waals surface area contributed by atoms with Crippen LogP contribution >= 0.6 is 23.4 Å². The minimum absolute atomic E-state index is 0.254. The highest BCUT2D eigenvalue weighted by atomic mass is 35.5. The van der Waals surface area contributed by atoms with E-state index in [-0.39, 0.29) is 17.7 Å². The largest absolute Gasteiger partial charge is 0.489 e. The number of carbonyl (C=O) groups excluding carboxylic acids is 2. The Morgan fingerprint density at radius 2 is 1.53 bits per heavy atom. The number of amides is 2. The molecule has 1 aliphatic rings. The zero-order valence-corrected chi connectivity index (χ0v) is 19.7. The molecule has 0 aliphatic carbocycles. The maximum absolute atomic E-state index is 12.9. The minimum Gasteiger partial charge on any atom is -0.489 e. The van der Waals surface area contributed by atoms with Crippen LogP contribution in [0.3, 0.4) is 0 Å². The van der Waals surface area contributed by atoms with Crippen molar-refractivity contribution in [1.82, 2.24) is 4.90 Å². The van der Waals surface area contributed by atoms with Crippen LogP contribution in [-0.2, 0) is 17.9 Å². The first-order valence-electron chi connectivity index (χ1n) is 10.8. The molecule has 0 N–H and O–H groups in total. The van der Waals surface area contributed by atoms with E-state index in [2.05, 4.69) is 0 Å². The summed E-state index contributed by atoms with van der Waals surface area (Å²) in [4.78, 5) is 27.2. The topological polar surface area (TPSA) is 46.6 Å². The fraction of sp³-hybridized carbons (Fsp3) is 0.0714. The summed E-state index contributed by atoms with van der Waals surface area (Å²) in [6, 6.07) is 28.9. The van der Waals surface area contributed by atoms with Gasteiger partial charge in [0, 0.05) is 5.02 Å². The summed E-state index contributed by atoms with van der Waals surface area (Å²) in [5.74, 6) is 0.447. The van der Waals surface area contributed by atoms with Gasteiger partial charge in [-0.2, -0.15) is 0 Å². The maximum atomic E-state index is 12.9. The van der Waals surface area contributed by atoms with Gasteiger partial charge in [-0.25, -0.2) is 0 Å². The summed E-state index contributed by atoms with van der Waals surface area (Å²) in [7, 11) is 0. The SMILES string of the molecule is O=C1S/C(=C\c2ccc(OCc3ccc(Cl)cc3)cc2)C(=O)N1Cc1ccc2ccccc2c1. The van der Waals surface area contributed by atoms with E-state index in [0.717, 1.165) is 45.0 Å². The maximum Gasteiger partial charge on any atom is 0.293 e. The van der Waals surface area contributed by atoms with Crippen molar-refractivity contribution in [1.29, 1.82) is 0 Å². The number of carbonyl (C=O) groups is 2. The molecule has 0 atom stereocenters. The fourth-order valence-corrected chi connectivity index (χ4v) is 4.68. The number of ether oxygens (including phenoxy) is 1. The van der Waals surface area contributed by atoms with Crippen LogP contribution in [0.1, 0.15) is 16.7 Å². The van der Waals surface area contributed by atoms with Gasteiger partial charge in [0.1, 0.15) is 12.4 Å². The van der Waals surface area contributed by atoms with Crippen LogP contribution in [0.25, 0.3) is 16.8 Å². The third kappa shape index (κ3) is 5.01. The Morgan fingerprint density at radius 3 is 2.29 bits per heavy atom. The number of benzene rings is 4. The number of hydrogen-bond acceptors (Lipinski definition) is 4. The van der Waals surface area contributed by atoms with Crippen molar-refractivity contribution in [2.75, 3.05) is 0 Å². The van der Waals surface area contributed by atoms with Gasteiger partial charge in [0.2, 0.25) is 0 Å². The predicted octanol–water partition coefficient (Wildman–Crippen LogP) is 7.31. The molecule has 1 fully saturated rings. The highest BCUT2D eigenvalue weighted by molar-refractivity contribution is 8.18. The van der Waals surface area contributed by atoms with Crippen LogP contribution in [0, 0.1) is 0 Å². The molecule has 6 heteroatoms. The van der Waals surface area contributed by atoms with Crippen LogP contribution in [0.15, 0.2) is 95.9 Å². The second kappa shape index (κ2) is 9.75. The van der Waals surface area contributed by atoms with Crippen molar-refractivity contribution in [2.45, 2.75) is 13.2 Å². The molecule has 34 heavy (non-hydrogen) atoms. The minimum atomic E-state index is -0.272. The van der Waals surface area contributed by atoms with Crippen molar-refractivity contribution < 1.29 is 14.3 Å². The van der Waals surface area contributed by atoms with Crippen LogP contribution in [0.5, 0.6) is 5.75 Å². The molecule has 4 nitrogen and oxygen atoms in total. The molecule has 2 amide bonds. The molecule has 168 valence electrons. The molecule has 0 aromatic heterocycles.